The molecule has 0 fully saturated rings. The summed E-state index contributed by atoms with van der Waals surface area (Å²) in [5.74, 6) is 1.12. The summed E-state index contributed by atoms with van der Waals surface area (Å²) in [6.45, 7) is 5.15. The summed E-state index contributed by atoms with van der Waals surface area (Å²) in [5, 5.41) is 0. The number of aromatic nitrogens is 1. The molecular weight excluding hydrogens is 336 g/mol. The summed E-state index contributed by atoms with van der Waals surface area (Å²) in [7, 11) is 0. The normalized spacial score (nSPS) is 13.7. The Morgan fingerprint density at radius 3 is 2.78 bits per heavy atom. The number of rotatable bonds is 4. The maximum absolute atomic E-state index is 12.9. The maximum atomic E-state index is 12.9. The van der Waals surface area contributed by atoms with Crippen molar-refractivity contribution in [3.05, 3.63) is 71.6 Å². The summed E-state index contributed by atoms with van der Waals surface area (Å²) >= 11 is 0. The van der Waals surface area contributed by atoms with E-state index in [1.54, 1.807) is 6.26 Å². The van der Waals surface area contributed by atoms with Crippen LogP contribution in [0.15, 0.2) is 59.2 Å². The number of oxazole rings is 1. The summed E-state index contributed by atoms with van der Waals surface area (Å²) in [4.78, 5) is 19.3. The van der Waals surface area contributed by atoms with Gasteiger partial charge in [-0.15, -0.1) is 0 Å². The Hall–Kier alpha value is -2.88. The zero-order valence-electron chi connectivity index (χ0n) is 15.8. The van der Waals surface area contributed by atoms with Gasteiger partial charge < -0.3 is 9.32 Å². The van der Waals surface area contributed by atoms with Crippen molar-refractivity contribution >= 4 is 11.6 Å². The number of aryl methyl sites for hydroxylation is 1. The molecule has 0 bridgehead atoms. The van der Waals surface area contributed by atoms with E-state index < -0.39 is 0 Å². The smallest absolute Gasteiger partial charge is 0.233 e. The molecule has 138 valence electrons. The molecule has 0 spiro atoms. The molecule has 0 unspecified atom stereocenters. The highest BCUT2D eigenvalue weighted by Crippen LogP contribution is 2.31. The molecule has 0 radical (unpaired) electrons. The Morgan fingerprint density at radius 2 is 2.00 bits per heavy atom. The van der Waals surface area contributed by atoms with E-state index in [1.807, 2.05) is 35.2 Å². The first-order valence-corrected chi connectivity index (χ1v) is 9.55. The molecule has 0 atom stereocenters. The number of hydrogen-bond donors (Lipinski definition) is 0. The highest BCUT2D eigenvalue weighted by molar-refractivity contribution is 5.95. The zero-order chi connectivity index (χ0) is 18.8. The first kappa shape index (κ1) is 17.5. The molecule has 0 saturated carbocycles. The van der Waals surface area contributed by atoms with Crippen LogP contribution < -0.4 is 4.90 Å². The van der Waals surface area contributed by atoms with Crippen LogP contribution in [0.25, 0.3) is 11.5 Å². The lowest BCUT2D eigenvalue weighted by molar-refractivity contribution is -0.118. The van der Waals surface area contributed by atoms with Crippen molar-refractivity contribution in [2.45, 2.75) is 39.0 Å². The van der Waals surface area contributed by atoms with E-state index in [0.717, 1.165) is 30.6 Å². The molecule has 4 rings (SSSR count). The lowest BCUT2D eigenvalue weighted by Gasteiger charge is -2.30. The minimum Gasteiger partial charge on any atom is -0.444 e. The highest BCUT2D eigenvalue weighted by atomic mass is 16.3. The summed E-state index contributed by atoms with van der Waals surface area (Å²) < 4.78 is 5.57. The molecule has 2 aromatic carbocycles. The van der Waals surface area contributed by atoms with Gasteiger partial charge in [0.05, 0.1) is 12.1 Å². The molecule has 4 heteroatoms. The fourth-order valence-electron chi connectivity index (χ4n) is 3.59. The van der Waals surface area contributed by atoms with Gasteiger partial charge in [0.2, 0.25) is 11.8 Å². The van der Waals surface area contributed by atoms with Gasteiger partial charge in [-0.25, -0.2) is 4.98 Å². The van der Waals surface area contributed by atoms with E-state index in [4.69, 9.17) is 4.42 Å². The molecule has 0 aliphatic carbocycles. The number of nitrogens with zero attached hydrogens (tertiary/aromatic N) is 2. The Morgan fingerprint density at radius 1 is 1.19 bits per heavy atom. The molecule has 1 aliphatic heterocycles. The van der Waals surface area contributed by atoms with Crippen molar-refractivity contribution in [3.63, 3.8) is 0 Å². The van der Waals surface area contributed by atoms with Gasteiger partial charge in [-0.1, -0.05) is 44.2 Å². The SMILES string of the molecule is CC(C)c1ccc2c(c1)CCCN2C(=O)Cc1coc(-c2ccccc2)n1. The van der Waals surface area contributed by atoms with Crippen molar-refractivity contribution in [3.8, 4) is 11.5 Å². The van der Waals surface area contributed by atoms with E-state index in [9.17, 15) is 4.79 Å². The predicted molar refractivity (Wildman–Crippen MR) is 107 cm³/mol. The molecule has 1 aliphatic rings. The number of fused-ring (bicyclic) bond motifs is 1. The predicted octanol–water partition coefficient (Wildman–Crippen LogP) is 4.99. The molecule has 2 heterocycles. The molecule has 1 aromatic heterocycles. The van der Waals surface area contributed by atoms with Gasteiger partial charge in [-0.2, -0.15) is 0 Å². The van der Waals surface area contributed by atoms with E-state index in [0.29, 0.717) is 17.5 Å². The fourth-order valence-corrected chi connectivity index (χ4v) is 3.59. The third-order valence-corrected chi connectivity index (χ3v) is 5.09. The lowest BCUT2D eigenvalue weighted by atomic mass is 9.94. The van der Waals surface area contributed by atoms with Crippen LogP contribution >= 0.6 is 0 Å². The monoisotopic (exact) mass is 360 g/mol. The number of amides is 1. The minimum atomic E-state index is 0.0705. The van der Waals surface area contributed by atoms with Crippen molar-refractivity contribution < 1.29 is 9.21 Å². The molecule has 0 N–H and O–H groups in total. The second-order valence-electron chi connectivity index (χ2n) is 7.38. The van der Waals surface area contributed by atoms with Crippen LogP contribution in [0.2, 0.25) is 0 Å². The Balaban J connectivity index is 1.52. The maximum Gasteiger partial charge on any atom is 0.233 e. The van der Waals surface area contributed by atoms with Gasteiger partial charge in [0.15, 0.2) is 0 Å². The van der Waals surface area contributed by atoms with E-state index in [-0.39, 0.29) is 12.3 Å². The van der Waals surface area contributed by atoms with Gasteiger partial charge in [-0.05, 0) is 48.1 Å². The van der Waals surface area contributed by atoms with E-state index in [2.05, 4.69) is 37.0 Å². The standard InChI is InChI=1S/C23H24N2O2/c1-16(2)18-10-11-21-19(13-18)9-6-12-25(21)22(26)14-20-15-27-23(24-20)17-7-4-3-5-8-17/h3-5,7-8,10-11,13,15-16H,6,9,12,14H2,1-2H3. The number of benzene rings is 2. The summed E-state index contributed by atoms with van der Waals surface area (Å²) in [6.07, 6.45) is 3.87. The van der Waals surface area contributed by atoms with Gasteiger partial charge in [-0.3, -0.25) is 4.79 Å². The Bertz CT molecular complexity index is 944. The van der Waals surface area contributed by atoms with Crippen LogP contribution in [0, 0.1) is 0 Å². The largest absolute Gasteiger partial charge is 0.444 e. The number of carbonyl (C=O) groups is 1. The first-order valence-electron chi connectivity index (χ1n) is 9.55. The van der Waals surface area contributed by atoms with Crippen LogP contribution in [0.5, 0.6) is 0 Å². The minimum absolute atomic E-state index is 0.0705. The van der Waals surface area contributed by atoms with Crippen LogP contribution in [-0.4, -0.2) is 17.4 Å². The lowest BCUT2D eigenvalue weighted by Crippen LogP contribution is -2.36. The third kappa shape index (κ3) is 3.65. The summed E-state index contributed by atoms with van der Waals surface area (Å²) in [5.41, 5.74) is 5.23. The second-order valence-corrected chi connectivity index (χ2v) is 7.38. The van der Waals surface area contributed by atoms with E-state index in [1.165, 1.54) is 11.1 Å². The molecular formula is C23H24N2O2. The second kappa shape index (κ2) is 7.39. The molecule has 0 saturated heterocycles. The molecule has 3 aromatic rings. The Kier molecular flexibility index (Phi) is 4.80. The van der Waals surface area contributed by atoms with Gasteiger partial charge in [0, 0.05) is 17.8 Å². The van der Waals surface area contributed by atoms with Crippen molar-refractivity contribution in [1.29, 1.82) is 0 Å². The fraction of sp³-hybridized carbons (Fsp3) is 0.304. The summed E-state index contributed by atoms with van der Waals surface area (Å²) in [6, 6.07) is 16.2. The highest BCUT2D eigenvalue weighted by Gasteiger charge is 2.24. The number of anilines is 1. The van der Waals surface area contributed by atoms with Crippen molar-refractivity contribution in [2.75, 3.05) is 11.4 Å². The topological polar surface area (TPSA) is 46.3 Å². The average molecular weight is 360 g/mol. The number of hydrogen-bond acceptors (Lipinski definition) is 3. The van der Waals surface area contributed by atoms with Crippen LogP contribution in [0.4, 0.5) is 5.69 Å². The van der Waals surface area contributed by atoms with Gasteiger partial charge in [0.25, 0.3) is 0 Å². The average Bonchev–Trinajstić information content (AvgIpc) is 3.16. The van der Waals surface area contributed by atoms with Crippen LogP contribution in [0.3, 0.4) is 0 Å². The molecule has 27 heavy (non-hydrogen) atoms. The van der Waals surface area contributed by atoms with Crippen molar-refractivity contribution in [1.82, 2.24) is 4.98 Å². The first-order chi connectivity index (χ1) is 13.1. The van der Waals surface area contributed by atoms with Crippen molar-refractivity contribution in [2.24, 2.45) is 0 Å². The van der Waals surface area contributed by atoms with Gasteiger partial charge >= 0.3 is 0 Å². The van der Waals surface area contributed by atoms with Crippen LogP contribution in [-0.2, 0) is 17.6 Å². The van der Waals surface area contributed by atoms with Gasteiger partial charge in [0.1, 0.15) is 6.26 Å². The zero-order valence-corrected chi connectivity index (χ0v) is 15.8. The molecule has 4 nitrogen and oxygen atoms in total. The molecule has 1 amide bonds. The van der Waals surface area contributed by atoms with Crippen LogP contribution in [0.1, 0.15) is 43.0 Å². The third-order valence-electron chi connectivity index (χ3n) is 5.09. The Labute approximate surface area is 159 Å². The number of carbonyl (C=O) groups excluding carboxylic acids is 1. The van der Waals surface area contributed by atoms with E-state index >= 15 is 0 Å². The quantitative estimate of drug-likeness (QED) is 0.659.